The summed E-state index contributed by atoms with van der Waals surface area (Å²) in [6.07, 6.45) is 13.4. The third kappa shape index (κ3) is 14.0. The van der Waals surface area contributed by atoms with E-state index in [0.717, 1.165) is 19.3 Å². The molecule has 1 aliphatic heterocycles. The maximum absolute atomic E-state index is 11.7. The molecule has 0 amide bonds. The molecular weight excluding hydrogens is 464 g/mol. The molecule has 1 aromatic carbocycles. The molecule has 204 valence electrons. The summed E-state index contributed by atoms with van der Waals surface area (Å²) in [6.45, 7) is 1.83. The van der Waals surface area contributed by atoms with Crippen molar-refractivity contribution < 1.29 is 39.5 Å². The Hall–Kier alpha value is -2.74. The Labute approximate surface area is 214 Å². The lowest BCUT2D eigenvalue weighted by Gasteiger charge is -2.17. The van der Waals surface area contributed by atoms with E-state index in [2.05, 4.69) is 11.7 Å². The number of aliphatic hydroxyl groups is 3. The zero-order chi connectivity index (χ0) is 26.6. The smallest absolute Gasteiger partial charge is 0.377 e. The van der Waals surface area contributed by atoms with E-state index < -0.39 is 42.3 Å². The van der Waals surface area contributed by atoms with Crippen LogP contribution in [-0.2, 0) is 19.1 Å². The standard InChI is InChI=1S/C22H38O7.C6H6O/c1-2-3-4-5-6-7-8-9-10-11-12-13-14-15-18(24)28-16-17(23)21-19(25)20(26)22(27)29-21;7-6-4-2-1-3-5-6/h17,21,23,25-26H,2-16H2,1H3;1-5,7H/t17-,21+;/m0./s1. The van der Waals surface area contributed by atoms with Crippen LogP contribution < -0.4 is 0 Å². The molecule has 0 saturated heterocycles. The van der Waals surface area contributed by atoms with E-state index in [1.165, 1.54) is 64.2 Å². The fourth-order valence-electron chi connectivity index (χ4n) is 3.78. The number of para-hydroxylation sites is 1. The van der Waals surface area contributed by atoms with Gasteiger partial charge in [0.15, 0.2) is 11.9 Å². The molecular formula is C28H44O8. The van der Waals surface area contributed by atoms with Gasteiger partial charge in [-0.2, -0.15) is 0 Å². The highest BCUT2D eigenvalue weighted by atomic mass is 16.6. The molecule has 4 N–H and O–H groups in total. The van der Waals surface area contributed by atoms with Crippen molar-refractivity contribution in [2.24, 2.45) is 0 Å². The fourth-order valence-corrected chi connectivity index (χ4v) is 3.78. The Kier molecular flexibility index (Phi) is 16.9. The van der Waals surface area contributed by atoms with E-state index in [-0.39, 0.29) is 6.42 Å². The van der Waals surface area contributed by atoms with Gasteiger partial charge in [0, 0.05) is 6.42 Å². The first-order chi connectivity index (χ1) is 17.4. The number of rotatable bonds is 17. The summed E-state index contributed by atoms with van der Waals surface area (Å²) < 4.78 is 9.55. The molecule has 0 spiro atoms. The maximum Gasteiger partial charge on any atom is 0.377 e. The monoisotopic (exact) mass is 508 g/mol. The number of carbonyl (C=O) groups excluding carboxylic acids is 2. The average molecular weight is 509 g/mol. The summed E-state index contributed by atoms with van der Waals surface area (Å²) in [5, 5.41) is 37.1. The molecule has 0 radical (unpaired) electrons. The highest BCUT2D eigenvalue weighted by Crippen LogP contribution is 2.21. The van der Waals surface area contributed by atoms with Crippen molar-refractivity contribution in [3.63, 3.8) is 0 Å². The molecule has 0 saturated carbocycles. The summed E-state index contributed by atoms with van der Waals surface area (Å²) in [5.41, 5.74) is 0. The second kappa shape index (κ2) is 19.4. The van der Waals surface area contributed by atoms with Gasteiger partial charge in [-0.15, -0.1) is 0 Å². The Morgan fingerprint density at radius 1 is 0.861 bits per heavy atom. The van der Waals surface area contributed by atoms with Crippen LogP contribution in [-0.4, -0.2) is 51.2 Å². The van der Waals surface area contributed by atoms with Crippen LogP contribution in [0.1, 0.15) is 96.8 Å². The van der Waals surface area contributed by atoms with Crippen LogP contribution in [0.2, 0.25) is 0 Å². The molecule has 36 heavy (non-hydrogen) atoms. The number of aliphatic hydroxyl groups excluding tert-OH is 3. The number of esters is 2. The van der Waals surface area contributed by atoms with Crippen LogP contribution in [0.25, 0.3) is 0 Å². The van der Waals surface area contributed by atoms with Crippen molar-refractivity contribution in [2.45, 2.75) is 109 Å². The van der Waals surface area contributed by atoms with Gasteiger partial charge in [-0.25, -0.2) is 4.79 Å². The summed E-state index contributed by atoms with van der Waals surface area (Å²) in [4.78, 5) is 22.8. The molecule has 8 nitrogen and oxygen atoms in total. The van der Waals surface area contributed by atoms with Crippen molar-refractivity contribution in [3.8, 4) is 5.75 Å². The SMILES string of the molecule is CCCCCCCCCCCCCCCC(=O)OC[C@H](O)[C@H]1OC(=O)C(O)=C1O.Oc1ccccc1. The molecule has 0 bridgehead atoms. The molecule has 0 unspecified atom stereocenters. The molecule has 0 aromatic heterocycles. The van der Waals surface area contributed by atoms with Crippen LogP contribution in [0.4, 0.5) is 0 Å². The molecule has 8 heteroatoms. The summed E-state index contributed by atoms with van der Waals surface area (Å²) in [6, 6.07) is 8.71. The fraction of sp³-hybridized carbons (Fsp3) is 0.643. The normalized spacial score (nSPS) is 15.7. The predicted octanol–water partition coefficient (Wildman–Crippen LogP) is 6.02. The van der Waals surface area contributed by atoms with Crippen LogP contribution in [0.5, 0.6) is 5.75 Å². The van der Waals surface area contributed by atoms with Gasteiger partial charge in [0.1, 0.15) is 18.5 Å². The van der Waals surface area contributed by atoms with Gasteiger partial charge in [-0.1, -0.05) is 102 Å². The van der Waals surface area contributed by atoms with Crippen LogP contribution in [0, 0.1) is 0 Å². The van der Waals surface area contributed by atoms with Crippen molar-refractivity contribution >= 4 is 11.9 Å². The average Bonchev–Trinajstić information content (AvgIpc) is 3.13. The number of aromatic hydroxyl groups is 1. The number of unbranched alkanes of at least 4 members (excludes halogenated alkanes) is 12. The predicted molar refractivity (Wildman–Crippen MR) is 138 cm³/mol. The summed E-state index contributed by atoms with van der Waals surface area (Å²) in [5.74, 6) is -2.89. The summed E-state index contributed by atoms with van der Waals surface area (Å²) >= 11 is 0. The lowest BCUT2D eigenvalue weighted by atomic mass is 10.0. The van der Waals surface area contributed by atoms with Gasteiger partial charge in [-0.05, 0) is 18.6 Å². The third-order valence-corrected chi connectivity index (χ3v) is 5.94. The van der Waals surface area contributed by atoms with Gasteiger partial charge in [-0.3, -0.25) is 4.79 Å². The number of ether oxygens (including phenoxy) is 2. The van der Waals surface area contributed by atoms with E-state index in [1.807, 2.05) is 6.07 Å². The van der Waals surface area contributed by atoms with Crippen LogP contribution >= 0.6 is 0 Å². The number of phenols is 1. The molecule has 1 heterocycles. The number of cyclic esters (lactones) is 1. The quantitative estimate of drug-likeness (QED) is 0.148. The van der Waals surface area contributed by atoms with E-state index in [0.29, 0.717) is 5.75 Å². The zero-order valence-corrected chi connectivity index (χ0v) is 21.6. The van der Waals surface area contributed by atoms with Gasteiger partial charge in [0.25, 0.3) is 0 Å². The molecule has 0 fully saturated rings. The Balaban J connectivity index is 0.000000789. The molecule has 2 atom stereocenters. The minimum absolute atomic E-state index is 0.266. The molecule has 0 aliphatic carbocycles. The zero-order valence-electron chi connectivity index (χ0n) is 21.6. The Morgan fingerprint density at radius 2 is 1.36 bits per heavy atom. The van der Waals surface area contributed by atoms with E-state index in [9.17, 15) is 24.9 Å². The Bertz CT molecular complexity index is 762. The van der Waals surface area contributed by atoms with Crippen molar-refractivity contribution in [1.82, 2.24) is 0 Å². The Morgan fingerprint density at radius 3 is 1.78 bits per heavy atom. The summed E-state index contributed by atoms with van der Waals surface area (Å²) in [7, 11) is 0. The minimum atomic E-state index is -1.42. The number of hydrogen-bond acceptors (Lipinski definition) is 8. The third-order valence-electron chi connectivity index (χ3n) is 5.94. The first-order valence-corrected chi connectivity index (χ1v) is 13.3. The van der Waals surface area contributed by atoms with Gasteiger partial charge in [0.2, 0.25) is 5.76 Å². The molecule has 1 aliphatic rings. The van der Waals surface area contributed by atoms with Crippen LogP contribution in [0.15, 0.2) is 41.9 Å². The van der Waals surface area contributed by atoms with Crippen LogP contribution in [0.3, 0.4) is 0 Å². The molecule has 1 aromatic rings. The van der Waals surface area contributed by atoms with Gasteiger partial charge >= 0.3 is 11.9 Å². The lowest BCUT2D eigenvalue weighted by Crippen LogP contribution is -2.33. The second-order valence-corrected chi connectivity index (χ2v) is 9.14. The van der Waals surface area contributed by atoms with Crippen molar-refractivity contribution in [1.29, 1.82) is 0 Å². The number of benzene rings is 1. The maximum atomic E-state index is 11.7. The van der Waals surface area contributed by atoms with E-state index >= 15 is 0 Å². The number of hydrogen-bond donors (Lipinski definition) is 4. The first-order valence-electron chi connectivity index (χ1n) is 13.3. The van der Waals surface area contributed by atoms with Crippen molar-refractivity contribution in [3.05, 3.63) is 41.9 Å². The van der Waals surface area contributed by atoms with E-state index in [4.69, 9.17) is 9.84 Å². The van der Waals surface area contributed by atoms with Gasteiger partial charge < -0.3 is 29.9 Å². The molecule has 2 rings (SSSR count). The minimum Gasteiger partial charge on any atom is -0.508 e. The lowest BCUT2D eigenvalue weighted by molar-refractivity contribution is -0.154. The number of carbonyl (C=O) groups is 2. The highest BCUT2D eigenvalue weighted by Gasteiger charge is 2.39. The highest BCUT2D eigenvalue weighted by molar-refractivity contribution is 5.89. The van der Waals surface area contributed by atoms with E-state index in [1.54, 1.807) is 24.3 Å². The first kappa shape index (κ1) is 31.3. The largest absolute Gasteiger partial charge is 0.508 e. The van der Waals surface area contributed by atoms with Gasteiger partial charge in [0.05, 0.1) is 0 Å². The topological polar surface area (TPSA) is 134 Å². The second-order valence-electron chi connectivity index (χ2n) is 9.14. The number of phenolic OH excluding ortho intramolecular Hbond substituents is 1. The van der Waals surface area contributed by atoms with Crippen molar-refractivity contribution in [2.75, 3.05) is 6.61 Å².